The first-order valence-electron chi connectivity index (χ1n) is 4.40. The van der Waals surface area contributed by atoms with E-state index in [1.165, 1.54) is 0 Å². The molecule has 0 spiro atoms. The minimum atomic E-state index is 0.269. The Morgan fingerprint density at radius 3 is 2.69 bits per heavy atom. The Balaban J connectivity index is 0.000000396. The first-order valence-corrected chi connectivity index (χ1v) is 4.40. The predicted octanol–water partition coefficient (Wildman–Crippen LogP) is 2.60. The zero-order valence-electron chi connectivity index (χ0n) is 8.13. The number of aromatic amines is 1. The van der Waals surface area contributed by atoms with Gasteiger partial charge in [0.05, 0.1) is 5.39 Å². The molecular formula is C10H14N2O. The van der Waals surface area contributed by atoms with Crippen LogP contribution in [-0.2, 0) is 0 Å². The Bertz CT molecular complexity index is 393. The van der Waals surface area contributed by atoms with Crippen molar-refractivity contribution in [1.82, 2.24) is 9.97 Å². The van der Waals surface area contributed by atoms with E-state index >= 15 is 0 Å². The van der Waals surface area contributed by atoms with E-state index in [1.54, 1.807) is 12.4 Å². The van der Waals surface area contributed by atoms with Crippen LogP contribution >= 0.6 is 0 Å². The minimum Gasteiger partial charge on any atom is -0.506 e. The number of aromatic nitrogens is 2. The standard InChI is InChI=1S/C8H8N2O.C2H6/c1-5-2-3-9-8-7(5)6(11)4-10-8;1-2/h2-4,11H,1H3,(H,9,10);1-2H3. The number of H-pyrrole nitrogens is 1. The largest absolute Gasteiger partial charge is 0.506 e. The quantitative estimate of drug-likeness (QED) is 0.651. The van der Waals surface area contributed by atoms with Crippen molar-refractivity contribution in [3.8, 4) is 5.75 Å². The van der Waals surface area contributed by atoms with Gasteiger partial charge in [0.2, 0.25) is 0 Å². The SMILES string of the molecule is CC.Cc1ccnc2[nH]cc(O)c12. The van der Waals surface area contributed by atoms with Gasteiger partial charge in [0.15, 0.2) is 0 Å². The highest BCUT2D eigenvalue weighted by Crippen LogP contribution is 2.24. The van der Waals surface area contributed by atoms with Gasteiger partial charge in [0.25, 0.3) is 0 Å². The van der Waals surface area contributed by atoms with E-state index in [2.05, 4.69) is 9.97 Å². The second kappa shape index (κ2) is 3.94. The predicted molar refractivity (Wildman–Crippen MR) is 53.8 cm³/mol. The molecule has 2 N–H and O–H groups in total. The summed E-state index contributed by atoms with van der Waals surface area (Å²) in [5.74, 6) is 0.269. The fraction of sp³-hybridized carbons (Fsp3) is 0.300. The number of aromatic hydroxyl groups is 1. The third-order valence-corrected chi connectivity index (χ3v) is 1.76. The van der Waals surface area contributed by atoms with Crippen molar-refractivity contribution in [1.29, 1.82) is 0 Å². The summed E-state index contributed by atoms with van der Waals surface area (Å²) in [6.07, 6.45) is 3.26. The molecule has 0 unspecified atom stereocenters. The molecule has 0 aromatic carbocycles. The Labute approximate surface area is 77.4 Å². The molecule has 0 amide bonds. The summed E-state index contributed by atoms with van der Waals surface area (Å²) in [5.41, 5.74) is 1.77. The van der Waals surface area contributed by atoms with Gasteiger partial charge < -0.3 is 10.1 Å². The van der Waals surface area contributed by atoms with Crippen LogP contribution in [-0.4, -0.2) is 15.1 Å². The van der Waals surface area contributed by atoms with E-state index < -0.39 is 0 Å². The van der Waals surface area contributed by atoms with Crippen molar-refractivity contribution in [3.63, 3.8) is 0 Å². The smallest absolute Gasteiger partial charge is 0.142 e. The summed E-state index contributed by atoms with van der Waals surface area (Å²) in [6, 6.07) is 1.87. The maximum Gasteiger partial charge on any atom is 0.142 e. The normalized spacial score (nSPS) is 9.46. The number of nitrogens with one attached hydrogen (secondary N) is 1. The molecule has 2 rings (SSSR count). The number of fused-ring (bicyclic) bond motifs is 1. The number of nitrogens with zero attached hydrogens (tertiary/aromatic N) is 1. The summed E-state index contributed by atoms with van der Waals surface area (Å²) in [5, 5.41) is 10.1. The van der Waals surface area contributed by atoms with Crippen molar-refractivity contribution in [2.24, 2.45) is 0 Å². The van der Waals surface area contributed by atoms with Crippen LogP contribution in [0.1, 0.15) is 19.4 Å². The molecule has 2 aromatic heterocycles. The molecule has 0 fully saturated rings. The number of aryl methyl sites for hydroxylation is 1. The molecule has 0 aliphatic heterocycles. The third-order valence-electron chi connectivity index (χ3n) is 1.76. The number of hydrogen-bond donors (Lipinski definition) is 2. The maximum atomic E-state index is 9.32. The van der Waals surface area contributed by atoms with Crippen molar-refractivity contribution in [2.45, 2.75) is 20.8 Å². The molecule has 70 valence electrons. The van der Waals surface area contributed by atoms with Gasteiger partial charge in [0.1, 0.15) is 11.4 Å². The van der Waals surface area contributed by atoms with E-state index in [0.29, 0.717) is 0 Å². The summed E-state index contributed by atoms with van der Waals surface area (Å²) < 4.78 is 0. The third kappa shape index (κ3) is 1.64. The summed E-state index contributed by atoms with van der Waals surface area (Å²) in [7, 11) is 0. The van der Waals surface area contributed by atoms with Crippen molar-refractivity contribution >= 4 is 11.0 Å². The zero-order valence-corrected chi connectivity index (χ0v) is 8.13. The van der Waals surface area contributed by atoms with E-state index in [9.17, 15) is 5.11 Å². The molecule has 2 heterocycles. The molecule has 0 bridgehead atoms. The lowest BCUT2D eigenvalue weighted by molar-refractivity contribution is 0.481. The first kappa shape index (κ1) is 9.58. The lowest BCUT2D eigenvalue weighted by atomic mass is 10.2. The monoisotopic (exact) mass is 178 g/mol. The molecule has 3 heteroatoms. The van der Waals surface area contributed by atoms with Gasteiger partial charge in [-0.15, -0.1) is 0 Å². The molecule has 0 saturated carbocycles. The number of pyridine rings is 1. The van der Waals surface area contributed by atoms with Gasteiger partial charge in [-0.3, -0.25) is 0 Å². The van der Waals surface area contributed by atoms with Gasteiger partial charge in [-0.1, -0.05) is 13.8 Å². The van der Waals surface area contributed by atoms with Gasteiger partial charge in [0, 0.05) is 12.4 Å². The molecule has 3 nitrogen and oxygen atoms in total. The second-order valence-electron chi connectivity index (χ2n) is 2.53. The maximum absolute atomic E-state index is 9.32. The van der Waals surface area contributed by atoms with Crippen LogP contribution < -0.4 is 0 Å². The molecule has 0 saturated heterocycles. The van der Waals surface area contributed by atoms with E-state index in [1.807, 2.05) is 26.8 Å². The lowest BCUT2D eigenvalue weighted by Crippen LogP contribution is -1.77. The topological polar surface area (TPSA) is 48.9 Å². The van der Waals surface area contributed by atoms with Crippen LogP contribution in [0.15, 0.2) is 18.5 Å². The molecule has 2 aromatic rings. The Kier molecular flexibility index (Phi) is 2.90. The van der Waals surface area contributed by atoms with Crippen molar-refractivity contribution < 1.29 is 5.11 Å². The molecule has 0 radical (unpaired) electrons. The van der Waals surface area contributed by atoms with Crippen LogP contribution in [0.5, 0.6) is 5.75 Å². The highest BCUT2D eigenvalue weighted by atomic mass is 16.3. The second-order valence-corrected chi connectivity index (χ2v) is 2.53. The van der Waals surface area contributed by atoms with Crippen LogP contribution in [0.25, 0.3) is 11.0 Å². The van der Waals surface area contributed by atoms with Gasteiger partial charge in [-0.25, -0.2) is 4.98 Å². The fourth-order valence-corrected chi connectivity index (χ4v) is 1.20. The van der Waals surface area contributed by atoms with Gasteiger partial charge >= 0.3 is 0 Å². The van der Waals surface area contributed by atoms with Crippen LogP contribution in [0.4, 0.5) is 0 Å². The number of rotatable bonds is 0. The number of hydrogen-bond acceptors (Lipinski definition) is 2. The highest BCUT2D eigenvalue weighted by Gasteiger charge is 2.03. The summed E-state index contributed by atoms with van der Waals surface area (Å²) in [4.78, 5) is 6.91. The van der Waals surface area contributed by atoms with Crippen LogP contribution in [0.2, 0.25) is 0 Å². The zero-order chi connectivity index (χ0) is 9.84. The lowest BCUT2D eigenvalue weighted by Gasteiger charge is -1.93. The minimum absolute atomic E-state index is 0.269. The Hall–Kier alpha value is -1.51. The molecule has 0 atom stereocenters. The molecule has 0 aliphatic rings. The summed E-state index contributed by atoms with van der Waals surface area (Å²) >= 11 is 0. The Morgan fingerprint density at radius 1 is 1.38 bits per heavy atom. The van der Waals surface area contributed by atoms with Crippen LogP contribution in [0.3, 0.4) is 0 Å². The van der Waals surface area contributed by atoms with E-state index in [0.717, 1.165) is 16.6 Å². The van der Waals surface area contributed by atoms with Crippen molar-refractivity contribution in [2.75, 3.05) is 0 Å². The molecule has 0 aliphatic carbocycles. The van der Waals surface area contributed by atoms with E-state index in [4.69, 9.17) is 0 Å². The molecule has 13 heavy (non-hydrogen) atoms. The highest BCUT2D eigenvalue weighted by molar-refractivity contribution is 5.85. The molecular weight excluding hydrogens is 164 g/mol. The fourth-order valence-electron chi connectivity index (χ4n) is 1.20. The van der Waals surface area contributed by atoms with Crippen molar-refractivity contribution in [3.05, 3.63) is 24.0 Å². The van der Waals surface area contributed by atoms with Gasteiger partial charge in [-0.2, -0.15) is 0 Å². The van der Waals surface area contributed by atoms with E-state index in [-0.39, 0.29) is 5.75 Å². The summed E-state index contributed by atoms with van der Waals surface area (Å²) in [6.45, 7) is 5.94. The first-order chi connectivity index (χ1) is 6.29. The van der Waals surface area contributed by atoms with Gasteiger partial charge in [-0.05, 0) is 18.6 Å². The average molecular weight is 178 g/mol. The average Bonchev–Trinajstić information content (AvgIpc) is 2.53. The Morgan fingerprint density at radius 2 is 2.08 bits per heavy atom. The van der Waals surface area contributed by atoms with Crippen LogP contribution in [0, 0.1) is 6.92 Å².